The lowest BCUT2D eigenvalue weighted by Gasteiger charge is -2.26. The molecule has 0 aromatic heterocycles. The first-order valence-corrected chi connectivity index (χ1v) is 9.06. The molecule has 3 rings (SSSR count). The van der Waals surface area contributed by atoms with Crippen LogP contribution in [0.3, 0.4) is 0 Å². The summed E-state index contributed by atoms with van der Waals surface area (Å²) in [4.78, 5) is 0.355. The second-order valence-electron chi connectivity index (χ2n) is 5.79. The zero-order chi connectivity index (χ0) is 14.9. The van der Waals surface area contributed by atoms with Crippen molar-refractivity contribution in [2.75, 3.05) is 25.0 Å². The summed E-state index contributed by atoms with van der Waals surface area (Å²) in [5.74, 6) is 0.726. The third-order valence-corrected chi connectivity index (χ3v) is 5.96. The van der Waals surface area contributed by atoms with Gasteiger partial charge in [0.25, 0.3) is 0 Å². The van der Waals surface area contributed by atoms with E-state index >= 15 is 0 Å². The molecular formula is C15H22N2O3S. The van der Waals surface area contributed by atoms with Crippen molar-refractivity contribution in [3.63, 3.8) is 0 Å². The molecule has 0 spiro atoms. The van der Waals surface area contributed by atoms with Crippen molar-refractivity contribution in [3.05, 3.63) is 18.2 Å². The van der Waals surface area contributed by atoms with E-state index in [1.807, 2.05) is 6.92 Å². The lowest BCUT2D eigenvalue weighted by atomic mass is 10.2. The molecule has 0 saturated carbocycles. The Bertz CT molecular complexity index is 607. The Morgan fingerprint density at radius 2 is 1.90 bits per heavy atom. The number of hydrogen-bond acceptors (Lipinski definition) is 4. The Hall–Kier alpha value is -1.27. The van der Waals surface area contributed by atoms with Crippen molar-refractivity contribution < 1.29 is 13.2 Å². The van der Waals surface area contributed by atoms with Gasteiger partial charge in [0.2, 0.25) is 10.0 Å². The van der Waals surface area contributed by atoms with Crippen LogP contribution >= 0.6 is 0 Å². The summed E-state index contributed by atoms with van der Waals surface area (Å²) in [5, 5.41) is 3.23. The first-order valence-electron chi connectivity index (χ1n) is 7.62. The van der Waals surface area contributed by atoms with Crippen molar-refractivity contribution in [2.24, 2.45) is 0 Å². The molecule has 0 amide bonds. The quantitative estimate of drug-likeness (QED) is 0.911. The molecule has 2 aliphatic heterocycles. The van der Waals surface area contributed by atoms with Gasteiger partial charge in [-0.05, 0) is 38.0 Å². The number of rotatable bonds is 2. The van der Waals surface area contributed by atoms with Gasteiger partial charge in [0, 0.05) is 13.1 Å². The number of benzene rings is 1. The van der Waals surface area contributed by atoms with Gasteiger partial charge in [-0.15, -0.1) is 0 Å². The number of hydrogen-bond donors (Lipinski definition) is 1. The molecular weight excluding hydrogens is 288 g/mol. The van der Waals surface area contributed by atoms with Gasteiger partial charge in [-0.3, -0.25) is 0 Å². The zero-order valence-corrected chi connectivity index (χ0v) is 13.2. The number of ether oxygens (including phenoxy) is 1. The molecule has 2 heterocycles. The van der Waals surface area contributed by atoms with Crippen molar-refractivity contribution in [2.45, 2.75) is 43.6 Å². The Kier molecular flexibility index (Phi) is 4.08. The smallest absolute Gasteiger partial charge is 0.243 e. The predicted molar refractivity (Wildman–Crippen MR) is 82.2 cm³/mol. The molecule has 1 unspecified atom stereocenters. The number of nitrogens with one attached hydrogen (secondary N) is 1. The third-order valence-electron chi connectivity index (χ3n) is 4.06. The van der Waals surface area contributed by atoms with E-state index in [0.29, 0.717) is 24.5 Å². The average molecular weight is 310 g/mol. The third kappa shape index (κ3) is 3.01. The topological polar surface area (TPSA) is 58.6 Å². The van der Waals surface area contributed by atoms with Crippen LogP contribution in [0.25, 0.3) is 0 Å². The van der Waals surface area contributed by atoms with E-state index in [0.717, 1.165) is 37.1 Å². The monoisotopic (exact) mass is 310 g/mol. The summed E-state index contributed by atoms with van der Waals surface area (Å²) in [5.41, 5.74) is 0.768. The van der Waals surface area contributed by atoms with Crippen LogP contribution in [-0.4, -0.2) is 38.5 Å². The standard InChI is InChI=1S/C15H22N2O3S/c1-12-11-16-14-10-13(6-7-15(14)20-12)21(18,19)17-8-4-2-3-5-9-17/h6-7,10,12,16H,2-5,8-9,11H2,1H3. The fourth-order valence-electron chi connectivity index (χ4n) is 2.85. The van der Waals surface area contributed by atoms with Crippen LogP contribution in [0.4, 0.5) is 5.69 Å². The van der Waals surface area contributed by atoms with E-state index < -0.39 is 10.0 Å². The SMILES string of the molecule is CC1CNc2cc(S(=O)(=O)N3CCCCCC3)ccc2O1. The van der Waals surface area contributed by atoms with E-state index in [2.05, 4.69) is 5.32 Å². The van der Waals surface area contributed by atoms with Gasteiger partial charge < -0.3 is 10.1 Å². The maximum absolute atomic E-state index is 12.7. The van der Waals surface area contributed by atoms with Gasteiger partial charge >= 0.3 is 0 Å². The highest BCUT2D eigenvalue weighted by Crippen LogP contribution is 2.32. The van der Waals surface area contributed by atoms with E-state index in [9.17, 15) is 8.42 Å². The minimum absolute atomic E-state index is 0.102. The van der Waals surface area contributed by atoms with Crippen molar-refractivity contribution in [1.82, 2.24) is 4.31 Å². The highest BCUT2D eigenvalue weighted by atomic mass is 32.2. The van der Waals surface area contributed by atoms with Gasteiger partial charge in [0.15, 0.2) is 0 Å². The molecule has 1 fully saturated rings. The van der Waals surface area contributed by atoms with Crippen LogP contribution in [0.2, 0.25) is 0 Å². The minimum atomic E-state index is -3.39. The minimum Gasteiger partial charge on any atom is -0.487 e. The Balaban J connectivity index is 1.88. The first kappa shape index (κ1) is 14.7. The summed E-state index contributed by atoms with van der Waals surface area (Å²) in [6.45, 7) is 3.93. The van der Waals surface area contributed by atoms with Crippen LogP contribution in [0.1, 0.15) is 32.6 Å². The largest absolute Gasteiger partial charge is 0.487 e. The Labute approximate surface area is 126 Å². The highest BCUT2D eigenvalue weighted by molar-refractivity contribution is 7.89. The second-order valence-corrected chi connectivity index (χ2v) is 7.72. The fourth-order valence-corrected chi connectivity index (χ4v) is 4.40. The van der Waals surface area contributed by atoms with Crippen LogP contribution in [0, 0.1) is 0 Å². The zero-order valence-electron chi connectivity index (χ0n) is 12.3. The van der Waals surface area contributed by atoms with E-state index in [1.54, 1.807) is 22.5 Å². The van der Waals surface area contributed by atoms with E-state index in [4.69, 9.17) is 4.74 Å². The number of sulfonamides is 1. The fraction of sp³-hybridized carbons (Fsp3) is 0.600. The van der Waals surface area contributed by atoms with Crippen LogP contribution in [0.5, 0.6) is 5.75 Å². The van der Waals surface area contributed by atoms with Crippen molar-refractivity contribution >= 4 is 15.7 Å². The van der Waals surface area contributed by atoms with E-state index in [1.165, 1.54) is 0 Å². The van der Waals surface area contributed by atoms with E-state index in [-0.39, 0.29) is 6.10 Å². The lowest BCUT2D eigenvalue weighted by Crippen LogP contribution is -2.32. The maximum atomic E-state index is 12.7. The normalized spacial score (nSPS) is 23.6. The lowest BCUT2D eigenvalue weighted by molar-refractivity contribution is 0.226. The molecule has 2 aliphatic rings. The predicted octanol–water partition coefficient (Wildman–Crippen LogP) is 2.44. The number of fused-ring (bicyclic) bond motifs is 1. The molecule has 6 heteroatoms. The highest BCUT2D eigenvalue weighted by Gasteiger charge is 2.27. The molecule has 0 aliphatic carbocycles. The van der Waals surface area contributed by atoms with Crippen molar-refractivity contribution in [3.8, 4) is 5.75 Å². The van der Waals surface area contributed by atoms with Crippen LogP contribution in [0.15, 0.2) is 23.1 Å². The number of nitrogens with zero attached hydrogens (tertiary/aromatic N) is 1. The molecule has 116 valence electrons. The van der Waals surface area contributed by atoms with Gasteiger partial charge in [-0.1, -0.05) is 12.8 Å². The molecule has 1 atom stereocenters. The van der Waals surface area contributed by atoms with Crippen LogP contribution in [-0.2, 0) is 10.0 Å². The Morgan fingerprint density at radius 1 is 1.19 bits per heavy atom. The summed E-state index contributed by atoms with van der Waals surface area (Å²) in [7, 11) is -3.39. The Morgan fingerprint density at radius 3 is 2.62 bits per heavy atom. The van der Waals surface area contributed by atoms with Gasteiger partial charge in [-0.2, -0.15) is 4.31 Å². The van der Waals surface area contributed by atoms with Gasteiger partial charge in [0.1, 0.15) is 11.9 Å². The maximum Gasteiger partial charge on any atom is 0.243 e. The molecule has 0 bridgehead atoms. The summed E-state index contributed by atoms with van der Waals surface area (Å²) >= 11 is 0. The van der Waals surface area contributed by atoms with Crippen LogP contribution < -0.4 is 10.1 Å². The van der Waals surface area contributed by atoms with Gasteiger partial charge in [0.05, 0.1) is 17.1 Å². The molecule has 1 N–H and O–H groups in total. The number of anilines is 1. The molecule has 1 aromatic carbocycles. The molecule has 1 aromatic rings. The van der Waals surface area contributed by atoms with Crippen molar-refractivity contribution in [1.29, 1.82) is 0 Å². The molecule has 21 heavy (non-hydrogen) atoms. The summed E-state index contributed by atoms with van der Waals surface area (Å²) in [6, 6.07) is 5.10. The average Bonchev–Trinajstić information content (AvgIpc) is 2.76. The first-order chi connectivity index (χ1) is 10.1. The summed E-state index contributed by atoms with van der Waals surface area (Å²) < 4.78 is 32.8. The van der Waals surface area contributed by atoms with Gasteiger partial charge in [-0.25, -0.2) is 8.42 Å². The molecule has 5 nitrogen and oxygen atoms in total. The second kappa shape index (κ2) is 5.85. The summed E-state index contributed by atoms with van der Waals surface area (Å²) in [6.07, 6.45) is 4.23. The molecule has 0 radical (unpaired) electrons. The molecule has 1 saturated heterocycles.